The van der Waals surface area contributed by atoms with E-state index in [0.717, 1.165) is 23.0 Å². The molecule has 2 rings (SSSR count). The number of amides is 1. The molecule has 1 amide bonds. The maximum absolute atomic E-state index is 12.3. The molecule has 3 nitrogen and oxygen atoms in total. The van der Waals surface area contributed by atoms with E-state index in [-0.39, 0.29) is 11.9 Å². The Morgan fingerprint density at radius 1 is 1.17 bits per heavy atom. The van der Waals surface area contributed by atoms with Gasteiger partial charge in [-0.1, -0.05) is 66.4 Å². The minimum absolute atomic E-state index is 0.00920. The van der Waals surface area contributed by atoms with Crippen LogP contribution in [0.3, 0.4) is 0 Å². The summed E-state index contributed by atoms with van der Waals surface area (Å²) in [5, 5.41) is 5.45. The molecule has 0 aliphatic rings. The number of nitrogens with one attached hydrogen (secondary N) is 1. The lowest BCUT2D eigenvalue weighted by molar-refractivity contribution is -0.119. The number of hydrogen-bond acceptors (Lipinski definition) is 3. The van der Waals surface area contributed by atoms with Gasteiger partial charge in [0.2, 0.25) is 5.91 Å². The number of hydrogen-bond donors (Lipinski definition) is 1. The molecule has 0 heterocycles. The number of rotatable bonds is 6. The van der Waals surface area contributed by atoms with Gasteiger partial charge in [0.1, 0.15) is 4.32 Å². The molecule has 128 valence electrons. The molecule has 0 fully saturated rings. The van der Waals surface area contributed by atoms with Gasteiger partial charge in [-0.3, -0.25) is 4.79 Å². The predicted molar refractivity (Wildman–Crippen MR) is 108 cm³/mol. The van der Waals surface area contributed by atoms with Crippen LogP contribution in [0, 0.1) is 0 Å². The van der Waals surface area contributed by atoms with Gasteiger partial charge in [-0.05, 0) is 37.1 Å². The van der Waals surface area contributed by atoms with Crippen molar-refractivity contribution in [3.05, 3.63) is 48.0 Å². The van der Waals surface area contributed by atoms with Crippen LogP contribution >= 0.6 is 24.0 Å². The normalized spacial score (nSPS) is 12.0. The van der Waals surface area contributed by atoms with Crippen molar-refractivity contribution in [2.24, 2.45) is 0 Å². The number of benzene rings is 2. The summed E-state index contributed by atoms with van der Waals surface area (Å²) in [6, 6.07) is 14.4. The van der Waals surface area contributed by atoms with Crippen LogP contribution in [0.5, 0.6) is 0 Å². The van der Waals surface area contributed by atoms with Crippen molar-refractivity contribution in [1.29, 1.82) is 0 Å². The number of fused-ring (bicyclic) bond motifs is 1. The topological polar surface area (TPSA) is 32.3 Å². The minimum atomic E-state index is -0.0359. The summed E-state index contributed by atoms with van der Waals surface area (Å²) in [6.45, 7) is 7.90. The van der Waals surface area contributed by atoms with Crippen molar-refractivity contribution in [1.82, 2.24) is 10.2 Å². The molecule has 0 unspecified atom stereocenters. The van der Waals surface area contributed by atoms with E-state index >= 15 is 0 Å². The fraction of sp³-hybridized carbons (Fsp3) is 0.368. The molecule has 0 saturated heterocycles. The maximum atomic E-state index is 12.3. The summed E-state index contributed by atoms with van der Waals surface area (Å²) < 4.78 is 0.785. The summed E-state index contributed by atoms with van der Waals surface area (Å²) in [7, 11) is 0. The van der Waals surface area contributed by atoms with Crippen LogP contribution in [0.15, 0.2) is 42.5 Å². The van der Waals surface area contributed by atoms with Crippen LogP contribution in [0.4, 0.5) is 0 Å². The zero-order chi connectivity index (χ0) is 17.5. The summed E-state index contributed by atoms with van der Waals surface area (Å²) in [6.07, 6.45) is 0. The molecule has 0 aromatic heterocycles. The fourth-order valence-electron chi connectivity index (χ4n) is 2.69. The minimum Gasteiger partial charge on any atom is -0.358 e. The lowest BCUT2D eigenvalue weighted by Crippen LogP contribution is -2.31. The van der Waals surface area contributed by atoms with Gasteiger partial charge < -0.3 is 10.2 Å². The zero-order valence-electron chi connectivity index (χ0n) is 14.4. The Hall–Kier alpha value is -1.59. The molecule has 1 atom stereocenters. The monoisotopic (exact) mass is 360 g/mol. The molecular weight excluding hydrogens is 336 g/mol. The average molecular weight is 361 g/mol. The molecule has 1 N–H and O–H groups in total. The lowest BCUT2D eigenvalue weighted by atomic mass is 10.00. The largest absolute Gasteiger partial charge is 0.358 e. The van der Waals surface area contributed by atoms with Gasteiger partial charge >= 0.3 is 0 Å². The molecule has 0 radical (unpaired) electrons. The standard InChI is InChI=1S/C19H24N2OS2/c1-4-21(5-2)19(23)24-13-18(22)20-14(3)16-12-8-10-15-9-6-7-11-17(15)16/h6-12,14H,4-5,13H2,1-3H3,(H,20,22)/t14-/m1/s1. The SMILES string of the molecule is CCN(CC)C(=S)SCC(=O)N[C@H](C)c1cccc2ccccc12. The van der Waals surface area contributed by atoms with Crippen LogP contribution in [0.2, 0.25) is 0 Å². The van der Waals surface area contributed by atoms with Gasteiger partial charge in [0.05, 0.1) is 11.8 Å². The Kier molecular flexibility index (Phi) is 7.06. The van der Waals surface area contributed by atoms with Gasteiger partial charge in [0.25, 0.3) is 0 Å². The molecule has 0 spiro atoms. The summed E-state index contributed by atoms with van der Waals surface area (Å²) >= 11 is 6.80. The number of thiocarbonyl (C=S) groups is 1. The average Bonchev–Trinajstić information content (AvgIpc) is 2.60. The third-order valence-electron chi connectivity index (χ3n) is 4.02. The second kappa shape index (κ2) is 9.04. The molecule has 0 aliphatic heterocycles. The molecular formula is C19H24N2OS2. The van der Waals surface area contributed by atoms with Crippen LogP contribution in [0.1, 0.15) is 32.4 Å². The highest BCUT2D eigenvalue weighted by Crippen LogP contribution is 2.24. The van der Waals surface area contributed by atoms with Gasteiger partial charge in [0.15, 0.2) is 0 Å². The second-order valence-electron chi connectivity index (χ2n) is 5.58. The maximum Gasteiger partial charge on any atom is 0.230 e. The van der Waals surface area contributed by atoms with Crippen molar-refractivity contribution < 1.29 is 4.79 Å². The van der Waals surface area contributed by atoms with Crippen molar-refractivity contribution in [2.45, 2.75) is 26.8 Å². The number of nitrogens with zero attached hydrogens (tertiary/aromatic N) is 1. The van der Waals surface area contributed by atoms with Gasteiger partial charge in [0, 0.05) is 13.1 Å². The Balaban J connectivity index is 1.97. The van der Waals surface area contributed by atoms with Crippen molar-refractivity contribution >= 4 is 45.0 Å². The second-order valence-corrected chi connectivity index (χ2v) is 7.19. The van der Waals surface area contributed by atoms with Crippen LogP contribution in [-0.2, 0) is 4.79 Å². The van der Waals surface area contributed by atoms with Crippen molar-refractivity contribution in [3.8, 4) is 0 Å². The molecule has 24 heavy (non-hydrogen) atoms. The smallest absolute Gasteiger partial charge is 0.230 e. The quantitative estimate of drug-likeness (QED) is 0.775. The van der Waals surface area contributed by atoms with E-state index in [9.17, 15) is 4.79 Å². The predicted octanol–water partition coefficient (Wildman–Crippen LogP) is 4.38. The fourth-order valence-corrected chi connectivity index (χ4v) is 3.90. The Labute approximate surface area is 153 Å². The van der Waals surface area contributed by atoms with Gasteiger partial charge in [-0.25, -0.2) is 0 Å². The van der Waals surface area contributed by atoms with E-state index < -0.39 is 0 Å². The van der Waals surface area contributed by atoms with E-state index in [4.69, 9.17) is 12.2 Å². The third kappa shape index (κ3) is 4.71. The Morgan fingerprint density at radius 2 is 1.83 bits per heavy atom. The van der Waals surface area contributed by atoms with Crippen LogP contribution in [-0.4, -0.2) is 34.0 Å². The third-order valence-corrected chi connectivity index (χ3v) is 5.54. The highest BCUT2D eigenvalue weighted by molar-refractivity contribution is 8.23. The highest BCUT2D eigenvalue weighted by atomic mass is 32.2. The van der Waals surface area contributed by atoms with Gasteiger partial charge in [-0.2, -0.15) is 0 Å². The summed E-state index contributed by atoms with van der Waals surface area (Å²) in [5.41, 5.74) is 1.14. The molecule has 0 aliphatic carbocycles. The van der Waals surface area contributed by atoms with Crippen LogP contribution < -0.4 is 5.32 Å². The van der Waals surface area contributed by atoms with E-state index in [1.807, 2.05) is 25.1 Å². The van der Waals surface area contributed by atoms with Crippen molar-refractivity contribution in [3.63, 3.8) is 0 Å². The van der Waals surface area contributed by atoms with Gasteiger partial charge in [-0.15, -0.1) is 0 Å². The highest BCUT2D eigenvalue weighted by Gasteiger charge is 2.14. The van der Waals surface area contributed by atoms with E-state index in [1.165, 1.54) is 22.5 Å². The molecule has 5 heteroatoms. The molecule has 2 aromatic carbocycles. The first-order valence-electron chi connectivity index (χ1n) is 8.25. The Bertz CT molecular complexity index is 708. The molecule has 2 aromatic rings. The lowest BCUT2D eigenvalue weighted by Gasteiger charge is -2.21. The van der Waals surface area contributed by atoms with E-state index in [1.54, 1.807) is 0 Å². The first-order valence-corrected chi connectivity index (χ1v) is 9.64. The Morgan fingerprint density at radius 3 is 2.54 bits per heavy atom. The van der Waals surface area contributed by atoms with Crippen LogP contribution in [0.25, 0.3) is 10.8 Å². The number of carbonyl (C=O) groups is 1. The van der Waals surface area contributed by atoms with Crippen molar-refractivity contribution in [2.75, 3.05) is 18.8 Å². The molecule has 0 bridgehead atoms. The number of carbonyl (C=O) groups excluding carboxylic acids is 1. The van der Waals surface area contributed by atoms with E-state index in [0.29, 0.717) is 5.75 Å². The first kappa shape index (κ1) is 18.7. The van der Waals surface area contributed by atoms with E-state index in [2.05, 4.69) is 48.3 Å². The first-order chi connectivity index (χ1) is 11.6. The molecule has 0 saturated carbocycles. The number of thioether (sulfide) groups is 1. The summed E-state index contributed by atoms with van der Waals surface area (Å²) in [4.78, 5) is 14.3. The zero-order valence-corrected chi connectivity index (χ0v) is 16.0. The summed E-state index contributed by atoms with van der Waals surface area (Å²) in [5.74, 6) is 0.361.